The highest BCUT2D eigenvalue weighted by atomic mass is 35.5. The van der Waals surface area contributed by atoms with Gasteiger partial charge in [0.1, 0.15) is 11.5 Å². The van der Waals surface area contributed by atoms with Crippen LogP contribution in [0.5, 0.6) is 23.0 Å². The third-order valence-electron chi connectivity index (χ3n) is 2.40. The number of halogens is 4. The molecule has 0 heterocycles. The number of benzene rings is 2. The van der Waals surface area contributed by atoms with Crippen molar-refractivity contribution >= 4 is 46.4 Å². The van der Waals surface area contributed by atoms with Crippen LogP contribution in [0.4, 0.5) is 0 Å². The van der Waals surface area contributed by atoms with E-state index in [1.54, 1.807) is 12.1 Å². The van der Waals surface area contributed by atoms with Gasteiger partial charge >= 0.3 is 0 Å². The van der Waals surface area contributed by atoms with E-state index in [9.17, 15) is 5.11 Å². The minimum absolute atomic E-state index is 0.0817. The monoisotopic (exact) mass is 352 g/mol. The Hall–Kier alpha value is -1.000. The first-order chi connectivity index (χ1) is 9.42. The van der Waals surface area contributed by atoms with Gasteiger partial charge in [0.15, 0.2) is 11.5 Å². The summed E-state index contributed by atoms with van der Waals surface area (Å²) in [7, 11) is 1.47. The van der Waals surface area contributed by atoms with Gasteiger partial charge < -0.3 is 14.6 Å². The molecule has 1 N–H and O–H groups in total. The van der Waals surface area contributed by atoms with Gasteiger partial charge in [-0.1, -0.05) is 46.4 Å². The van der Waals surface area contributed by atoms with Crippen molar-refractivity contribution in [3.05, 3.63) is 44.4 Å². The molecule has 20 heavy (non-hydrogen) atoms. The summed E-state index contributed by atoms with van der Waals surface area (Å²) in [6.07, 6.45) is 0. The maximum absolute atomic E-state index is 9.48. The molecule has 2 aromatic carbocycles. The Labute approximate surface area is 135 Å². The van der Waals surface area contributed by atoms with E-state index in [1.165, 1.54) is 19.2 Å². The average molecular weight is 354 g/mol. The van der Waals surface area contributed by atoms with Crippen LogP contribution in [0, 0.1) is 0 Å². The molecule has 0 unspecified atom stereocenters. The molecule has 0 aliphatic heterocycles. The summed E-state index contributed by atoms with van der Waals surface area (Å²) in [5, 5.41) is 10.3. The van der Waals surface area contributed by atoms with E-state index in [4.69, 9.17) is 55.9 Å². The molecule has 106 valence electrons. The molecule has 0 amide bonds. The first-order valence-corrected chi connectivity index (χ1v) is 6.82. The molecule has 0 atom stereocenters. The van der Waals surface area contributed by atoms with Gasteiger partial charge in [-0.25, -0.2) is 0 Å². The highest BCUT2D eigenvalue weighted by molar-refractivity contribution is 6.38. The summed E-state index contributed by atoms with van der Waals surface area (Å²) in [5.74, 6) is 0.891. The van der Waals surface area contributed by atoms with Gasteiger partial charge in [-0.05, 0) is 0 Å². The van der Waals surface area contributed by atoms with Gasteiger partial charge in [0.05, 0.1) is 27.2 Å². The quantitative estimate of drug-likeness (QED) is 0.756. The third kappa shape index (κ3) is 3.18. The average Bonchev–Trinajstić information content (AvgIpc) is 2.35. The van der Waals surface area contributed by atoms with Crippen LogP contribution in [0.15, 0.2) is 24.3 Å². The second kappa shape index (κ2) is 6.19. The molecule has 0 spiro atoms. The maximum atomic E-state index is 9.48. The zero-order valence-corrected chi connectivity index (χ0v) is 13.1. The van der Waals surface area contributed by atoms with Crippen molar-refractivity contribution in [1.82, 2.24) is 0 Å². The van der Waals surface area contributed by atoms with Crippen LogP contribution in [0.25, 0.3) is 0 Å². The lowest BCUT2D eigenvalue weighted by molar-refractivity contribution is 0.413. The SMILES string of the molecule is COc1c(Cl)cc(Oc2cc(Cl)c(O)c(Cl)c2)cc1Cl. The van der Waals surface area contributed by atoms with Gasteiger partial charge in [0, 0.05) is 24.3 Å². The Balaban J connectivity index is 2.35. The molecule has 0 aliphatic rings. The lowest BCUT2D eigenvalue weighted by atomic mass is 10.3. The molecule has 0 bridgehead atoms. The number of ether oxygens (including phenoxy) is 2. The fourth-order valence-corrected chi connectivity index (χ4v) is 2.62. The van der Waals surface area contributed by atoms with Crippen LogP contribution < -0.4 is 9.47 Å². The first kappa shape index (κ1) is 15.4. The zero-order valence-electron chi connectivity index (χ0n) is 10.1. The van der Waals surface area contributed by atoms with Crippen molar-refractivity contribution in [2.45, 2.75) is 0 Å². The molecule has 0 aliphatic carbocycles. The van der Waals surface area contributed by atoms with E-state index in [2.05, 4.69) is 0 Å². The highest BCUT2D eigenvalue weighted by Crippen LogP contribution is 2.40. The standard InChI is InChI=1S/C13H8Cl4O3/c1-19-13-10(16)4-7(5-11(13)17)20-6-2-8(14)12(18)9(15)3-6/h2-5,18H,1H3. The van der Waals surface area contributed by atoms with E-state index < -0.39 is 0 Å². The molecule has 3 nitrogen and oxygen atoms in total. The van der Waals surface area contributed by atoms with Crippen molar-refractivity contribution in [3.63, 3.8) is 0 Å². The van der Waals surface area contributed by atoms with Gasteiger partial charge in [-0.2, -0.15) is 0 Å². The Morgan fingerprint density at radius 2 is 1.20 bits per heavy atom. The summed E-state index contributed by atoms with van der Waals surface area (Å²) in [6.45, 7) is 0. The number of methoxy groups -OCH3 is 1. The normalized spacial score (nSPS) is 10.4. The number of phenols is 1. The predicted octanol–water partition coefficient (Wildman–Crippen LogP) is 5.81. The molecule has 0 radical (unpaired) electrons. The molecule has 0 saturated heterocycles. The number of rotatable bonds is 3. The number of hydrogen-bond acceptors (Lipinski definition) is 3. The van der Waals surface area contributed by atoms with Crippen LogP contribution in [0.1, 0.15) is 0 Å². The first-order valence-electron chi connectivity index (χ1n) is 5.31. The third-order valence-corrected chi connectivity index (χ3v) is 3.54. The van der Waals surface area contributed by atoms with E-state index in [0.717, 1.165) is 0 Å². The topological polar surface area (TPSA) is 38.7 Å². The summed E-state index contributed by atoms with van der Waals surface area (Å²) < 4.78 is 10.6. The zero-order chi connectivity index (χ0) is 14.9. The molecule has 2 rings (SSSR count). The molecule has 0 aromatic heterocycles. The summed E-state index contributed by atoms with van der Waals surface area (Å²) in [4.78, 5) is 0. The lowest BCUT2D eigenvalue weighted by Gasteiger charge is -2.11. The minimum Gasteiger partial charge on any atom is -0.505 e. The van der Waals surface area contributed by atoms with Crippen LogP contribution in [-0.2, 0) is 0 Å². The molecule has 2 aromatic rings. The molecular formula is C13H8Cl4O3. The fraction of sp³-hybridized carbons (Fsp3) is 0.0769. The minimum atomic E-state index is -0.202. The van der Waals surface area contributed by atoms with Crippen molar-refractivity contribution in [1.29, 1.82) is 0 Å². The van der Waals surface area contributed by atoms with E-state index in [-0.39, 0.29) is 15.8 Å². The predicted molar refractivity (Wildman–Crippen MR) is 81.2 cm³/mol. The highest BCUT2D eigenvalue weighted by Gasteiger charge is 2.12. The summed E-state index contributed by atoms with van der Waals surface area (Å²) >= 11 is 23.6. The van der Waals surface area contributed by atoms with Gasteiger partial charge in [0.2, 0.25) is 0 Å². The van der Waals surface area contributed by atoms with Gasteiger partial charge in [0.25, 0.3) is 0 Å². The largest absolute Gasteiger partial charge is 0.505 e. The number of aromatic hydroxyl groups is 1. The lowest BCUT2D eigenvalue weighted by Crippen LogP contribution is -1.89. The molecular weight excluding hydrogens is 346 g/mol. The summed E-state index contributed by atoms with van der Waals surface area (Å²) in [6, 6.07) is 5.94. The van der Waals surface area contributed by atoms with Crippen molar-refractivity contribution in [2.24, 2.45) is 0 Å². The second-order valence-corrected chi connectivity index (χ2v) is 5.39. The maximum Gasteiger partial charge on any atom is 0.156 e. The van der Waals surface area contributed by atoms with Crippen LogP contribution in [-0.4, -0.2) is 12.2 Å². The van der Waals surface area contributed by atoms with E-state index >= 15 is 0 Å². The smallest absolute Gasteiger partial charge is 0.156 e. The fourth-order valence-electron chi connectivity index (χ4n) is 1.53. The Morgan fingerprint density at radius 1 is 0.800 bits per heavy atom. The van der Waals surface area contributed by atoms with Gasteiger partial charge in [-0.3, -0.25) is 0 Å². The Kier molecular flexibility index (Phi) is 4.76. The van der Waals surface area contributed by atoms with Crippen LogP contribution in [0.3, 0.4) is 0 Å². The Bertz CT molecular complexity index is 612. The second-order valence-electron chi connectivity index (χ2n) is 3.76. The van der Waals surface area contributed by atoms with Crippen LogP contribution in [0.2, 0.25) is 20.1 Å². The number of hydrogen-bond donors (Lipinski definition) is 1. The van der Waals surface area contributed by atoms with Gasteiger partial charge in [-0.15, -0.1) is 0 Å². The van der Waals surface area contributed by atoms with Crippen molar-refractivity contribution < 1.29 is 14.6 Å². The molecule has 0 saturated carbocycles. The van der Waals surface area contributed by atoms with E-state index in [0.29, 0.717) is 27.3 Å². The van der Waals surface area contributed by atoms with Crippen LogP contribution >= 0.6 is 46.4 Å². The van der Waals surface area contributed by atoms with E-state index in [1.807, 2.05) is 0 Å². The number of phenolic OH excluding ortho intramolecular Hbond substituents is 1. The molecule has 7 heteroatoms. The van der Waals surface area contributed by atoms with Crippen molar-refractivity contribution in [3.8, 4) is 23.0 Å². The molecule has 0 fully saturated rings. The Morgan fingerprint density at radius 3 is 1.60 bits per heavy atom. The van der Waals surface area contributed by atoms with Crippen molar-refractivity contribution in [2.75, 3.05) is 7.11 Å². The summed E-state index contributed by atoms with van der Waals surface area (Å²) in [5.41, 5.74) is 0.